The van der Waals surface area contributed by atoms with Gasteiger partial charge < -0.3 is 14.8 Å². The van der Waals surface area contributed by atoms with Gasteiger partial charge in [-0.15, -0.1) is 5.10 Å². The van der Waals surface area contributed by atoms with E-state index in [1.807, 2.05) is 12.1 Å². The van der Waals surface area contributed by atoms with Crippen molar-refractivity contribution < 1.29 is 14.3 Å². The number of nitrogens with zero attached hydrogens (tertiary/aromatic N) is 3. The minimum atomic E-state index is -0.139. The molecular weight excluding hydrogens is 372 g/mol. The van der Waals surface area contributed by atoms with E-state index in [1.165, 1.54) is 4.68 Å². The summed E-state index contributed by atoms with van der Waals surface area (Å²) in [7, 11) is 3.12. The molecule has 0 unspecified atom stereocenters. The lowest BCUT2D eigenvalue weighted by molar-refractivity contribution is -0.116. The molecule has 2 aromatic carbocycles. The van der Waals surface area contributed by atoms with Crippen molar-refractivity contribution in [3.8, 4) is 11.5 Å². The van der Waals surface area contributed by atoms with Crippen molar-refractivity contribution >= 4 is 22.5 Å². The molecule has 3 aromatic rings. The van der Waals surface area contributed by atoms with E-state index in [1.54, 1.807) is 44.6 Å². The van der Waals surface area contributed by atoms with Gasteiger partial charge in [0.15, 0.2) is 0 Å². The fourth-order valence-electron chi connectivity index (χ4n) is 3.00. The number of methoxy groups -OCH3 is 2. The molecule has 3 rings (SSSR count). The summed E-state index contributed by atoms with van der Waals surface area (Å²) in [5.41, 5.74) is 1.09. The third kappa shape index (κ3) is 5.31. The second kappa shape index (κ2) is 9.68. The van der Waals surface area contributed by atoms with Crippen LogP contribution in [0.15, 0.2) is 47.3 Å². The zero-order valence-corrected chi connectivity index (χ0v) is 16.6. The number of carbonyl (C=O) groups excluding carboxylic acids is 1. The third-order valence-corrected chi connectivity index (χ3v) is 4.54. The number of carbonyl (C=O) groups is 1. The van der Waals surface area contributed by atoms with Crippen molar-refractivity contribution in [2.45, 2.75) is 32.2 Å². The van der Waals surface area contributed by atoms with E-state index in [0.29, 0.717) is 47.5 Å². The van der Waals surface area contributed by atoms with Crippen molar-refractivity contribution in [1.82, 2.24) is 15.0 Å². The fraction of sp³-hybridized carbons (Fsp3) is 0.333. The van der Waals surface area contributed by atoms with Crippen LogP contribution in [0.2, 0.25) is 0 Å². The molecule has 0 fully saturated rings. The number of unbranched alkanes of at least 4 members (excludes halogenated alkanes) is 2. The van der Waals surface area contributed by atoms with E-state index in [9.17, 15) is 9.59 Å². The molecule has 1 N–H and O–H groups in total. The fourth-order valence-corrected chi connectivity index (χ4v) is 3.00. The number of hydrogen-bond acceptors (Lipinski definition) is 6. The zero-order valence-electron chi connectivity index (χ0n) is 16.6. The summed E-state index contributed by atoms with van der Waals surface area (Å²) in [5.74, 6) is 1.14. The van der Waals surface area contributed by atoms with Crippen LogP contribution in [0, 0.1) is 0 Å². The van der Waals surface area contributed by atoms with Gasteiger partial charge in [0, 0.05) is 36.9 Å². The van der Waals surface area contributed by atoms with Gasteiger partial charge in [-0.1, -0.05) is 23.8 Å². The van der Waals surface area contributed by atoms with Gasteiger partial charge in [-0.2, -0.15) is 0 Å². The number of anilines is 1. The molecular formula is C21H24N4O4. The van der Waals surface area contributed by atoms with Crippen LogP contribution in [0.4, 0.5) is 5.69 Å². The van der Waals surface area contributed by atoms with E-state index in [0.717, 1.165) is 12.8 Å². The molecule has 0 aliphatic carbocycles. The number of amides is 1. The minimum Gasteiger partial charge on any atom is -0.497 e. The average Bonchev–Trinajstić information content (AvgIpc) is 2.74. The predicted octanol–water partition coefficient (Wildman–Crippen LogP) is 3.01. The van der Waals surface area contributed by atoms with Crippen LogP contribution < -0.4 is 20.3 Å². The SMILES string of the molecule is COc1cc(NC(=O)CCCCCn2nnc3ccccc3c2=O)cc(OC)c1. The second-order valence-electron chi connectivity index (χ2n) is 6.60. The largest absolute Gasteiger partial charge is 0.497 e. The van der Waals surface area contributed by atoms with Crippen LogP contribution in [-0.2, 0) is 11.3 Å². The number of aryl methyl sites for hydroxylation is 1. The van der Waals surface area contributed by atoms with Crippen molar-refractivity contribution in [1.29, 1.82) is 0 Å². The van der Waals surface area contributed by atoms with Crippen LogP contribution in [0.5, 0.6) is 11.5 Å². The quantitative estimate of drug-likeness (QED) is 0.559. The van der Waals surface area contributed by atoms with Crippen LogP contribution in [0.25, 0.3) is 10.9 Å². The molecule has 0 atom stereocenters. The van der Waals surface area contributed by atoms with Gasteiger partial charge in [0.1, 0.15) is 17.0 Å². The predicted molar refractivity (Wildman–Crippen MR) is 110 cm³/mol. The lowest BCUT2D eigenvalue weighted by Crippen LogP contribution is -2.24. The van der Waals surface area contributed by atoms with E-state index in [2.05, 4.69) is 15.6 Å². The first-order valence-electron chi connectivity index (χ1n) is 9.46. The maximum atomic E-state index is 12.4. The summed E-state index contributed by atoms with van der Waals surface area (Å²) < 4.78 is 11.8. The van der Waals surface area contributed by atoms with Crippen molar-refractivity contribution in [2.75, 3.05) is 19.5 Å². The molecule has 1 aromatic heterocycles. The van der Waals surface area contributed by atoms with E-state index >= 15 is 0 Å². The highest BCUT2D eigenvalue weighted by Gasteiger charge is 2.07. The van der Waals surface area contributed by atoms with Gasteiger partial charge in [-0.05, 0) is 25.0 Å². The van der Waals surface area contributed by atoms with Crippen molar-refractivity contribution in [3.05, 3.63) is 52.8 Å². The summed E-state index contributed by atoms with van der Waals surface area (Å²) in [5, 5.41) is 11.5. The Morgan fingerprint density at radius 1 is 1.03 bits per heavy atom. The van der Waals surface area contributed by atoms with Crippen molar-refractivity contribution in [2.24, 2.45) is 0 Å². The van der Waals surface area contributed by atoms with Gasteiger partial charge in [0.2, 0.25) is 5.91 Å². The maximum absolute atomic E-state index is 12.4. The molecule has 0 saturated heterocycles. The number of rotatable bonds is 9. The molecule has 0 spiro atoms. The summed E-state index contributed by atoms with van der Waals surface area (Å²) in [6.07, 6.45) is 2.64. The summed E-state index contributed by atoms with van der Waals surface area (Å²) in [6, 6.07) is 12.4. The molecule has 0 aliphatic heterocycles. The Kier molecular flexibility index (Phi) is 6.78. The number of aromatic nitrogens is 3. The standard InChI is InChI=1S/C21H24N4O4/c1-28-16-12-15(13-17(14-16)29-2)22-20(26)10-4-3-7-11-25-21(27)18-8-5-6-9-19(18)23-24-25/h5-6,8-9,12-14H,3-4,7,10-11H2,1-2H3,(H,22,26). The first-order valence-corrected chi connectivity index (χ1v) is 9.46. The first kappa shape index (κ1) is 20.3. The molecule has 8 heteroatoms. The highest BCUT2D eigenvalue weighted by molar-refractivity contribution is 5.91. The van der Waals surface area contributed by atoms with E-state index in [-0.39, 0.29) is 11.5 Å². The average molecular weight is 396 g/mol. The van der Waals surface area contributed by atoms with Crippen LogP contribution >= 0.6 is 0 Å². The number of hydrogen-bond donors (Lipinski definition) is 1. The summed E-state index contributed by atoms with van der Waals surface area (Å²) in [4.78, 5) is 24.6. The highest BCUT2D eigenvalue weighted by Crippen LogP contribution is 2.25. The normalized spacial score (nSPS) is 10.7. The molecule has 29 heavy (non-hydrogen) atoms. The van der Waals surface area contributed by atoms with Crippen LogP contribution in [0.3, 0.4) is 0 Å². The Morgan fingerprint density at radius 3 is 2.48 bits per heavy atom. The number of benzene rings is 2. The Morgan fingerprint density at radius 2 is 1.76 bits per heavy atom. The number of ether oxygens (including phenoxy) is 2. The van der Waals surface area contributed by atoms with Crippen LogP contribution in [-0.4, -0.2) is 35.1 Å². The highest BCUT2D eigenvalue weighted by atomic mass is 16.5. The molecule has 1 amide bonds. The molecule has 0 saturated carbocycles. The smallest absolute Gasteiger partial charge is 0.277 e. The summed E-state index contributed by atoms with van der Waals surface area (Å²) >= 11 is 0. The lowest BCUT2D eigenvalue weighted by Gasteiger charge is -2.10. The molecule has 8 nitrogen and oxygen atoms in total. The second-order valence-corrected chi connectivity index (χ2v) is 6.60. The first-order chi connectivity index (χ1) is 14.1. The number of nitrogens with one attached hydrogen (secondary N) is 1. The Hall–Kier alpha value is -3.42. The number of fused-ring (bicyclic) bond motifs is 1. The van der Waals surface area contributed by atoms with Crippen LogP contribution in [0.1, 0.15) is 25.7 Å². The topological polar surface area (TPSA) is 95.3 Å². The van der Waals surface area contributed by atoms with Gasteiger partial charge >= 0.3 is 0 Å². The van der Waals surface area contributed by atoms with Gasteiger partial charge in [-0.3, -0.25) is 9.59 Å². The Labute approximate surface area is 168 Å². The summed E-state index contributed by atoms with van der Waals surface area (Å²) in [6.45, 7) is 0.478. The maximum Gasteiger partial charge on any atom is 0.277 e. The third-order valence-electron chi connectivity index (χ3n) is 4.54. The zero-order chi connectivity index (χ0) is 20.6. The Balaban J connectivity index is 1.46. The molecule has 0 aliphatic rings. The van der Waals surface area contributed by atoms with Crippen molar-refractivity contribution in [3.63, 3.8) is 0 Å². The Bertz CT molecular complexity index is 1030. The van der Waals surface area contributed by atoms with Gasteiger partial charge in [-0.25, -0.2) is 4.68 Å². The molecule has 0 bridgehead atoms. The lowest BCUT2D eigenvalue weighted by atomic mass is 10.2. The van der Waals surface area contributed by atoms with Gasteiger partial charge in [0.05, 0.1) is 19.6 Å². The monoisotopic (exact) mass is 396 g/mol. The molecule has 1 heterocycles. The molecule has 152 valence electrons. The van der Waals surface area contributed by atoms with E-state index in [4.69, 9.17) is 9.47 Å². The minimum absolute atomic E-state index is 0.0806. The molecule has 0 radical (unpaired) electrons. The van der Waals surface area contributed by atoms with E-state index < -0.39 is 0 Å². The van der Waals surface area contributed by atoms with Gasteiger partial charge in [0.25, 0.3) is 5.56 Å².